The molecule has 1 aliphatic heterocycles. The molecule has 0 aliphatic carbocycles. The number of ether oxygens (including phenoxy) is 8. The maximum atomic E-state index is 12.5. The molecule has 2 N–H and O–H groups in total. The van der Waals surface area contributed by atoms with Crippen LogP contribution in [0.1, 0.15) is 19.3 Å². The van der Waals surface area contributed by atoms with Gasteiger partial charge in [-0.3, -0.25) is 9.69 Å². The molecule has 0 aromatic heterocycles. The number of hydrogen-bond donors (Lipinski definition) is 2. The fourth-order valence-electron chi connectivity index (χ4n) is 3.74. The van der Waals surface area contributed by atoms with Crippen LogP contribution in [-0.2, 0) is 42.7 Å². The van der Waals surface area contributed by atoms with Crippen molar-refractivity contribution >= 4 is 5.91 Å². The van der Waals surface area contributed by atoms with Crippen LogP contribution in [0.5, 0.6) is 0 Å². The Balaban J connectivity index is 1.75. The van der Waals surface area contributed by atoms with Gasteiger partial charge in [0, 0.05) is 26.7 Å². The van der Waals surface area contributed by atoms with Crippen LogP contribution in [0, 0.1) is 0 Å². The fourth-order valence-corrected chi connectivity index (χ4v) is 3.74. The number of carbonyl (C=O) groups excluding carboxylic acids is 1. The lowest BCUT2D eigenvalue weighted by atomic mass is 10.0. The van der Waals surface area contributed by atoms with Gasteiger partial charge in [0.2, 0.25) is 5.91 Å². The Labute approximate surface area is 229 Å². The predicted molar refractivity (Wildman–Crippen MR) is 144 cm³/mol. The van der Waals surface area contributed by atoms with E-state index in [1.807, 2.05) is 7.05 Å². The zero-order valence-electron chi connectivity index (χ0n) is 23.8. The lowest BCUT2D eigenvalue weighted by molar-refractivity contribution is -0.127. The predicted octanol–water partition coefficient (Wildman–Crippen LogP) is -0.0609. The first kappa shape index (κ1) is 35.1. The monoisotopic (exact) mass is 551 g/mol. The van der Waals surface area contributed by atoms with Gasteiger partial charge in [-0.1, -0.05) is 6.42 Å². The lowest BCUT2D eigenvalue weighted by Crippen LogP contribution is -2.51. The van der Waals surface area contributed by atoms with Crippen molar-refractivity contribution in [3.05, 3.63) is 0 Å². The Morgan fingerprint density at radius 2 is 1.11 bits per heavy atom. The van der Waals surface area contributed by atoms with E-state index >= 15 is 0 Å². The highest BCUT2D eigenvalue weighted by Gasteiger charge is 2.27. The molecule has 0 aromatic carbocycles. The molecule has 1 amide bonds. The van der Waals surface area contributed by atoms with Gasteiger partial charge in [-0.25, -0.2) is 0 Å². The van der Waals surface area contributed by atoms with E-state index in [-0.39, 0.29) is 11.9 Å². The molecule has 12 heteroatoms. The van der Waals surface area contributed by atoms with Gasteiger partial charge in [-0.2, -0.15) is 0 Å². The molecule has 1 rings (SSSR count). The average Bonchev–Trinajstić information content (AvgIpc) is 2.94. The van der Waals surface area contributed by atoms with Crippen molar-refractivity contribution in [2.24, 2.45) is 0 Å². The average molecular weight is 552 g/mol. The van der Waals surface area contributed by atoms with Gasteiger partial charge in [-0.05, 0) is 26.4 Å². The number of piperidine rings is 1. The molecule has 38 heavy (non-hydrogen) atoms. The van der Waals surface area contributed by atoms with Crippen molar-refractivity contribution in [2.75, 3.05) is 139 Å². The Kier molecular flexibility index (Phi) is 25.5. The number of nitrogens with one attached hydrogen (secondary N) is 2. The van der Waals surface area contributed by atoms with Gasteiger partial charge in [0.05, 0.1) is 105 Å². The molecule has 1 fully saturated rings. The number of methoxy groups -OCH3 is 1. The van der Waals surface area contributed by atoms with Crippen LogP contribution in [0.3, 0.4) is 0 Å². The van der Waals surface area contributed by atoms with Gasteiger partial charge in [-0.15, -0.1) is 0 Å². The quantitative estimate of drug-likeness (QED) is 0.127. The normalized spacial score (nSPS) is 16.2. The first-order chi connectivity index (χ1) is 18.8. The Morgan fingerprint density at radius 3 is 1.55 bits per heavy atom. The first-order valence-electron chi connectivity index (χ1n) is 14.0. The summed E-state index contributed by atoms with van der Waals surface area (Å²) in [7, 11) is 3.58. The van der Waals surface area contributed by atoms with Gasteiger partial charge in [0.1, 0.15) is 0 Å². The van der Waals surface area contributed by atoms with Crippen molar-refractivity contribution in [3.63, 3.8) is 0 Å². The summed E-state index contributed by atoms with van der Waals surface area (Å²) in [5.41, 5.74) is 0. The topological polar surface area (TPSA) is 118 Å². The minimum atomic E-state index is -0.0212. The van der Waals surface area contributed by atoms with Crippen LogP contribution in [0.15, 0.2) is 0 Å². The highest BCUT2D eigenvalue weighted by molar-refractivity contribution is 5.81. The minimum Gasteiger partial charge on any atom is -0.382 e. The van der Waals surface area contributed by atoms with Gasteiger partial charge < -0.3 is 48.5 Å². The molecular formula is C26H53N3O9. The third-order valence-electron chi connectivity index (χ3n) is 5.77. The highest BCUT2D eigenvalue weighted by atomic mass is 16.6. The molecule has 226 valence electrons. The fraction of sp³-hybridized carbons (Fsp3) is 0.962. The number of rotatable bonds is 28. The molecule has 0 bridgehead atoms. The van der Waals surface area contributed by atoms with Crippen molar-refractivity contribution < 1.29 is 42.7 Å². The molecule has 0 saturated carbocycles. The zero-order chi connectivity index (χ0) is 27.4. The summed E-state index contributed by atoms with van der Waals surface area (Å²) >= 11 is 0. The second-order valence-electron chi connectivity index (χ2n) is 8.72. The van der Waals surface area contributed by atoms with E-state index in [0.717, 1.165) is 38.9 Å². The van der Waals surface area contributed by atoms with Gasteiger partial charge in [0.25, 0.3) is 0 Å². The van der Waals surface area contributed by atoms with E-state index in [0.29, 0.717) is 106 Å². The van der Waals surface area contributed by atoms with Crippen molar-refractivity contribution in [1.29, 1.82) is 0 Å². The van der Waals surface area contributed by atoms with E-state index in [1.54, 1.807) is 7.11 Å². The number of carbonyl (C=O) groups is 1. The highest BCUT2D eigenvalue weighted by Crippen LogP contribution is 2.16. The van der Waals surface area contributed by atoms with Crippen LogP contribution in [-0.4, -0.2) is 156 Å². The molecule has 0 aromatic rings. The summed E-state index contributed by atoms with van der Waals surface area (Å²) in [5.74, 6) is 0.107. The first-order valence-corrected chi connectivity index (χ1v) is 14.0. The summed E-state index contributed by atoms with van der Waals surface area (Å²) in [6.07, 6.45) is 3.20. The maximum absolute atomic E-state index is 12.5. The van der Waals surface area contributed by atoms with E-state index in [2.05, 4.69) is 15.5 Å². The molecule has 0 spiro atoms. The minimum absolute atomic E-state index is 0.0212. The van der Waals surface area contributed by atoms with Crippen molar-refractivity contribution in [2.45, 2.75) is 25.3 Å². The number of nitrogens with zero attached hydrogens (tertiary/aromatic N) is 1. The maximum Gasteiger partial charge on any atom is 0.237 e. The van der Waals surface area contributed by atoms with Crippen molar-refractivity contribution in [3.8, 4) is 0 Å². The SMILES string of the molecule is CNCCN1CCCC[C@H]1C(=O)NCCOCCOCCOCCOCCOCCOCCOCCOC. The second-order valence-corrected chi connectivity index (χ2v) is 8.72. The molecule has 1 saturated heterocycles. The van der Waals surface area contributed by atoms with Crippen LogP contribution >= 0.6 is 0 Å². The number of likely N-dealkylation sites (N-methyl/N-ethyl adjacent to an activating group) is 1. The number of likely N-dealkylation sites (tertiary alicyclic amines) is 1. The smallest absolute Gasteiger partial charge is 0.237 e. The Morgan fingerprint density at radius 1 is 0.658 bits per heavy atom. The second kappa shape index (κ2) is 27.6. The molecule has 0 unspecified atom stereocenters. The number of amides is 1. The molecule has 12 nitrogen and oxygen atoms in total. The summed E-state index contributed by atoms with van der Waals surface area (Å²) in [6.45, 7) is 11.2. The number of hydrogen-bond acceptors (Lipinski definition) is 11. The molecular weight excluding hydrogens is 498 g/mol. The Hall–Kier alpha value is -0.930. The van der Waals surface area contributed by atoms with Gasteiger partial charge in [0.15, 0.2) is 0 Å². The third-order valence-corrected chi connectivity index (χ3v) is 5.77. The van der Waals surface area contributed by atoms with E-state index in [9.17, 15) is 4.79 Å². The van der Waals surface area contributed by atoms with E-state index in [1.165, 1.54) is 0 Å². The molecule has 0 radical (unpaired) electrons. The summed E-state index contributed by atoms with van der Waals surface area (Å²) in [4.78, 5) is 14.8. The summed E-state index contributed by atoms with van der Waals surface area (Å²) in [5, 5.41) is 6.16. The van der Waals surface area contributed by atoms with Crippen LogP contribution in [0.25, 0.3) is 0 Å². The standard InChI is InChI=1S/C26H53N3O9/c1-27-6-9-29-8-4-3-5-25(29)26(30)28-7-10-32-13-14-34-17-18-36-21-22-38-24-23-37-20-19-35-16-15-33-12-11-31-2/h25,27H,3-24H2,1-2H3,(H,28,30)/t25-/m0/s1. The lowest BCUT2D eigenvalue weighted by Gasteiger charge is -2.34. The van der Waals surface area contributed by atoms with Gasteiger partial charge >= 0.3 is 0 Å². The zero-order valence-corrected chi connectivity index (χ0v) is 23.8. The molecule has 1 aliphatic rings. The molecule has 1 atom stereocenters. The van der Waals surface area contributed by atoms with Crippen LogP contribution in [0.2, 0.25) is 0 Å². The summed E-state index contributed by atoms with van der Waals surface area (Å²) in [6, 6.07) is -0.0212. The largest absolute Gasteiger partial charge is 0.382 e. The van der Waals surface area contributed by atoms with E-state index < -0.39 is 0 Å². The third kappa shape index (κ3) is 21.0. The van der Waals surface area contributed by atoms with Crippen LogP contribution in [0.4, 0.5) is 0 Å². The van der Waals surface area contributed by atoms with Crippen LogP contribution < -0.4 is 10.6 Å². The van der Waals surface area contributed by atoms with E-state index in [4.69, 9.17) is 37.9 Å². The summed E-state index contributed by atoms with van der Waals surface area (Å²) < 4.78 is 43.0. The van der Waals surface area contributed by atoms with Crippen molar-refractivity contribution in [1.82, 2.24) is 15.5 Å². The Bertz CT molecular complexity index is 520. The molecule has 1 heterocycles.